The van der Waals surface area contributed by atoms with Gasteiger partial charge in [-0.1, -0.05) is 6.92 Å². The minimum absolute atomic E-state index is 0.556. The van der Waals surface area contributed by atoms with Gasteiger partial charge in [-0.2, -0.15) is 0 Å². The van der Waals surface area contributed by atoms with Crippen LogP contribution in [0.25, 0.3) is 0 Å². The molecule has 1 saturated heterocycles. The largest absolute Gasteiger partial charge is 0.389 e. The van der Waals surface area contributed by atoms with Crippen molar-refractivity contribution >= 4 is 0 Å². The Bertz CT molecular complexity index is 177. The first-order chi connectivity index (χ1) is 7.01. The number of hydrogen-bond acceptors (Lipinski definition) is 3. The molecule has 0 aromatic carbocycles. The molecule has 1 N–H and O–H groups in total. The first-order valence-corrected chi connectivity index (χ1v) is 6.18. The first kappa shape index (κ1) is 12.9. The van der Waals surface area contributed by atoms with Crippen LogP contribution in [0.3, 0.4) is 0 Å². The van der Waals surface area contributed by atoms with Crippen LogP contribution in [-0.2, 0) is 0 Å². The molecule has 1 aliphatic rings. The highest BCUT2D eigenvalue weighted by molar-refractivity contribution is 4.76. The molecule has 90 valence electrons. The van der Waals surface area contributed by atoms with Crippen LogP contribution in [0.2, 0.25) is 0 Å². The second-order valence-electron chi connectivity index (χ2n) is 5.28. The summed E-state index contributed by atoms with van der Waals surface area (Å²) in [4.78, 5) is 4.92. The maximum absolute atomic E-state index is 9.78. The highest BCUT2D eigenvalue weighted by atomic mass is 16.3. The zero-order chi connectivity index (χ0) is 11.3. The van der Waals surface area contributed by atoms with Crippen molar-refractivity contribution in [3.63, 3.8) is 0 Å². The summed E-state index contributed by atoms with van der Waals surface area (Å²) in [5.41, 5.74) is -0.556. The number of nitrogens with zero attached hydrogens (tertiary/aromatic N) is 2. The van der Waals surface area contributed by atoms with E-state index < -0.39 is 5.60 Å². The smallest absolute Gasteiger partial charge is 0.0718 e. The van der Waals surface area contributed by atoms with Crippen molar-refractivity contribution in [3.8, 4) is 0 Å². The summed E-state index contributed by atoms with van der Waals surface area (Å²) < 4.78 is 0. The van der Waals surface area contributed by atoms with Crippen molar-refractivity contribution < 1.29 is 5.11 Å². The normalized spacial score (nSPS) is 21.6. The monoisotopic (exact) mass is 214 g/mol. The summed E-state index contributed by atoms with van der Waals surface area (Å²) >= 11 is 0. The summed E-state index contributed by atoms with van der Waals surface area (Å²) in [5, 5.41) is 9.78. The van der Waals surface area contributed by atoms with Crippen LogP contribution in [-0.4, -0.2) is 59.8 Å². The van der Waals surface area contributed by atoms with E-state index in [0.29, 0.717) is 0 Å². The molecule has 0 saturated carbocycles. The molecule has 0 bridgehead atoms. The van der Waals surface area contributed by atoms with Gasteiger partial charge in [0.05, 0.1) is 5.60 Å². The minimum Gasteiger partial charge on any atom is -0.389 e. The fourth-order valence-corrected chi connectivity index (χ4v) is 2.27. The van der Waals surface area contributed by atoms with Gasteiger partial charge < -0.3 is 10.0 Å². The van der Waals surface area contributed by atoms with Gasteiger partial charge in [0, 0.05) is 19.6 Å². The molecule has 3 nitrogen and oxygen atoms in total. The lowest BCUT2D eigenvalue weighted by atomic mass is 10.1. The van der Waals surface area contributed by atoms with Gasteiger partial charge in [0.1, 0.15) is 0 Å². The SMILES string of the molecule is CCCN1CCCN(CC(C)(C)O)CC1. The average molecular weight is 214 g/mol. The van der Waals surface area contributed by atoms with Crippen molar-refractivity contribution in [2.45, 2.75) is 39.2 Å². The lowest BCUT2D eigenvalue weighted by Gasteiger charge is -2.27. The van der Waals surface area contributed by atoms with Gasteiger partial charge in [-0.3, -0.25) is 4.90 Å². The zero-order valence-corrected chi connectivity index (χ0v) is 10.5. The molecule has 1 fully saturated rings. The predicted octanol–water partition coefficient (Wildman–Crippen LogP) is 1.18. The standard InChI is InChI=1S/C12H26N2O/c1-4-6-13-7-5-8-14(10-9-13)11-12(2,3)15/h15H,4-11H2,1-3H3. The molecule has 3 heteroatoms. The van der Waals surface area contributed by atoms with E-state index in [9.17, 15) is 5.11 Å². The van der Waals surface area contributed by atoms with Gasteiger partial charge in [0.25, 0.3) is 0 Å². The van der Waals surface area contributed by atoms with Crippen molar-refractivity contribution in [2.24, 2.45) is 0 Å². The van der Waals surface area contributed by atoms with Gasteiger partial charge in [0.2, 0.25) is 0 Å². The Kier molecular flexibility index (Phi) is 5.03. The molecule has 0 aromatic heterocycles. The summed E-state index contributed by atoms with van der Waals surface area (Å²) in [7, 11) is 0. The Balaban J connectivity index is 2.32. The first-order valence-electron chi connectivity index (χ1n) is 6.18. The second kappa shape index (κ2) is 5.83. The molecule has 0 amide bonds. The van der Waals surface area contributed by atoms with Gasteiger partial charge in [-0.25, -0.2) is 0 Å². The number of β-amino-alcohol motifs (C(OH)–C–C–N with tert-alkyl or cyclic N) is 1. The van der Waals surface area contributed by atoms with Crippen LogP contribution in [0, 0.1) is 0 Å². The third-order valence-corrected chi connectivity index (χ3v) is 2.83. The maximum atomic E-state index is 9.78. The third-order valence-electron chi connectivity index (χ3n) is 2.83. The molecule has 1 heterocycles. The lowest BCUT2D eigenvalue weighted by Crippen LogP contribution is -2.40. The van der Waals surface area contributed by atoms with Crippen molar-refractivity contribution in [2.75, 3.05) is 39.3 Å². The van der Waals surface area contributed by atoms with E-state index in [0.717, 1.165) is 26.2 Å². The summed E-state index contributed by atoms with van der Waals surface area (Å²) in [6.07, 6.45) is 2.47. The predicted molar refractivity (Wildman–Crippen MR) is 64.1 cm³/mol. The Morgan fingerprint density at radius 3 is 2.27 bits per heavy atom. The lowest BCUT2D eigenvalue weighted by molar-refractivity contribution is 0.0375. The molecule has 15 heavy (non-hydrogen) atoms. The molecule has 0 aliphatic carbocycles. The minimum atomic E-state index is -0.556. The molecule has 1 aliphatic heterocycles. The highest BCUT2D eigenvalue weighted by Crippen LogP contribution is 2.09. The number of rotatable bonds is 4. The van der Waals surface area contributed by atoms with Crippen LogP contribution >= 0.6 is 0 Å². The topological polar surface area (TPSA) is 26.7 Å². The van der Waals surface area contributed by atoms with E-state index in [4.69, 9.17) is 0 Å². The van der Waals surface area contributed by atoms with Crippen LogP contribution in [0.4, 0.5) is 0 Å². The second-order valence-corrected chi connectivity index (χ2v) is 5.28. The van der Waals surface area contributed by atoms with Gasteiger partial charge in [0.15, 0.2) is 0 Å². The quantitative estimate of drug-likeness (QED) is 0.761. The summed E-state index contributed by atoms with van der Waals surface area (Å²) in [6.45, 7) is 12.6. The van der Waals surface area contributed by atoms with Crippen LogP contribution in [0.5, 0.6) is 0 Å². The van der Waals surface area contributed by atoms with Crippen molar-refractivity contribution in [3.05, 3.63) is 0 Å². The molecule has 1 rings (SSSR count). The third kappa shape index (κ3) is 5.50. The molecule has 0 unspecified atom stereocenters. The van der Waals surface area contributed by atoms with E-state index in [1.54, 1.807) is 0 Å². The van der Waals surface area contributed by atoms with E-state index in [1.165, 1.54) is 25.9 Å². The van der Waals surface area contributed by atoms with E-state index >= 15 is 0 Å². The molecular formula is C12H26N2O. The van der Waals surface area contributed by atoms with Crippen LogP contribution in [0.15, 0.2) is 0 Å². The van der Waals surface area contributed by atoms with Gasteiger partial charge in [-0.15, -0.1) is 0 Å². The Hall–Kier alpha value is -0.120. The molecular weight excluding hydrogens is 188 g/mol. The fraction of sp³-hybridized carbons (Fsp3) is 1.00. The maximum Gasteiger partial charge on any atom is 0.0718 e. The summed E-state index contributed by atoms with van der Waals surface area (Å²) in [5.74, 6) is 0. The van der Waals surface area contributed by atoms with Crippen molar-refractivity contribution in [1.29, 1.82) is 0 Å². The van der Waals surface area contributed by atoms with E-state index in [2.05, 4.69) is 16.7 Å². The van der Waals surface area contributed by atoms with Crippen LogP contribution < -0.4 is 0 Å². The average Bonchev–Trinajstić information content (AvgIpc) is 2.29. The molecule has 0 spiro atoms. The molecule has 0 atom stereocenters. The van der Waals surface area contributed by atoms with Crippen molar-refractivity contribution in [1.82, 2.24) is 9.80 Å². The van der Waals surface area contributed by atoms with Crippen LogP contribution in [0.1, 0.15) is 33.6 Å². The van der Waals surface area contributed by atoms with E-state index in [-0.39, 0.29) is 0 Å². The highest BCUT2D eigenvalue weighted by Gasteiger charge is 2.20. The van der Waals surface area contributed by atoms with E-state index in [1.807, 2.05) is 13.8 Å². The van der Waals surface area contributed by atoms with Gasteiger partial charge in [-0.05, 0) is 46.3 Å². The number of hydrogen-bond donors (Lipinski definition) is 1. The fourth-order valence-electron chi connectivity index (χ4n) is 2.27. The Labute approximate surface area is 94.1 Å². The number of aliphatic hydroxyl groups is 1. The molecule has 0 radical (unpaired) electrons. The Morgan fingerprint density at radius 1 is 1.07 bits per heavy atom. The summed E-state index contributed by atoms with van der Waals surface area (Å²) in [6, 6.07) is 0. The zero-order valence-electron chi connectivity index (χ0n) is 10.5. The Morgan fingerprint density at radius 2 is 1.67 bits per heavy atom. The van der Waals surface area contributed by atoms with Gasteiger partial charge >= 0.3 is 0 Å². The molecule has 0 aromatic rings.